The Hall–Kier alpha value is -8.08. The lowest BCUT2D eigenvalue weighted by Crippen LogP contribution is -2.59. The molecule has 0 aromatic heterocycles. The predicted octanol–water partition coefficient (Wildman–Crippen LogP) is 14.4. The first-order chi connectivity index (χ1) is 32.0. The van der Waals surface area contributed by atoms with Gasteiger partial charge in [0, 0.05) is 39.2 Å². The molecule has 2 heterocycles. The monoisotopic (exact) mass is 830 g/mol. The van der Waals surface area contributed by atoms with E-state index in [9.17, 15) is 0 Å². The lowest BCUT2D eigenvalue weighted by molar-refractivity contribution is 0.487. The second-order valence-corrected chi connectivity index (χ2v) is 18.0. The largest absolute Gasteiger partial charge is 0.458 e. The van der Waals surface area contributed by atoms with Gasteiger partial charge in [-0.3, -0.25) is 0 Å². The molecule has 0 saturated carbocycles. The smallest absolute Gasteiger partial charge is 0.256 e. The van der Waals surface area contributed by atoms with Crippen LogP contribution in [0.4, 0.5) is 34.1 Å². The van der Waals surface area contributed by atoms with Crippen molar-refractivity contribution in [1.29, 1.82) is 0 Å². The van der Waals surface area contributed by atoms with E-state index in [-0.39, 0.29) is 12.1 Å². The molecular formula is C61H43BN2O. The highest BCUT2D eigenvalue weighted by atomic mass is 16.5. The molecule has 10 aromatic carbocycles. The van der Waals surface area contributed by atoms with E-state index < -0.39 is 0 Å². The first kappa shape index (κ1) is 37.5. The SMILES string of the molecule is CC1(C)c2cc3c(cc2-c2c1cc(N(c1ccccc1)c1ccccc1)c1ccccc21)Oc1cccc2c1B3c1ccc(-c3ccccc3)cc1N2c1cccc(-c2ccccc2)c1. The maximum Gasteiger partial charge on any atom is 0.256 e. The molecular weight excluding hydrogens is 787 g/mol. The average molecular weight is 831 g/mol. The highest BCUT2D eigenvalue weighted by molar-refractivity contribution is 6.99. The molecule has 65 heavy (non-hydrogen) atoms. The molecule has 0 radical (unpaired) electrons. The number of anilines is 6. The van der Waals surface area contributed by atoms with Crippen molar-refractivity contribution in [3.63, 3.8) is 0 Å². The molecule has 0 unspecified atom stereocenters. The maximum absolute atomic E-state index is 7.17. The van der Waals surface area contributed by atoms with Crippen LogP contribution in [0.15, 0.2) is 224 Å². The van der Waals surface area contributed by atoms with Gasteiger partial charge in [-0.25, -0.2) is 0 Å². The molecule has 10 aromatic rings. The molecule has 306 valence electrons. The van der Waals surface area contributed by atoms with Gasteiger partial charge in [-0.1, -0.05) is 172 Å². The van der Waals surface area contributed by atoms with Gasteiger partial charge in [0.15, 0.2) is 0 Å². The lowest BCUT2D eigenvalue weighted by Gasteiger charge is -2.40. The fourth-order valence-electron chi connectivity index (χ4n) is 11.0. The normalized spacial score (nSPS) is 13.6. The fraction of sp³-hybridized carbons (Fsp3) is 0.0492. The van der Waals surface area contributed by atoms with Crippen molar-refractivity contribution in [3.05, 3.63) is 236 Å². The van der Waals surface area contributed by atoms with Crippen LogP contribution in [-0.2, 0) is 5.41 Å². The molecule has 1 aliphatic carbocycles. The third-order valence-electron chi connectivity index (χ3n) is 14.1. The fourth-order valence-corrected chi connectivity index (χ4v) is 11.0. The topological polar surface area (TPSA) is 15.7 Å². The molecule has 4 heteroatoms. The highest BCUT2D eigenvalue weighted by Crippen LogP contribution is 2.56. The first-order valence-electron chi connectivity index (χ1n) is 22.6. The summed E-state index contributed by atoms with van der Waals surface area (Å²) in [6.07, 6.45) is 0. The second kappa shape index (κ2) is 14.5. The van der Waals surface area contributed by atoms with Gasteiger partial charge in [0.05, 0.1) is 5.69 Å². The molecule has 0 fully saturated rings. The molecule has 2 aliphatic heterocycles. The van der Waals surface area contributed by atoms with Crippen molar-refractivity contribution in [2.45, 2.75) is 19.3 Å². The summed E-state index contributed by atoms with van der Waals surface area (Å²) in [5, 5.41) is 2.45. The summed E-state index contributed by atoms with van der Waals surface area (Å²) in [6, 6.07) is 81.8. The standard InChI is InChI=1S/C61H43BN2O/c1-61(2)50-38-53-58(37-49(50)59-48-30-16-15-29-47(48)55(39-51(59)61)63(44-24-11-5-12-25-44)45-26-13-6-14-27-45)65-57-32-18-31-54-60(57)62(53)52-34-33-43(41-21-9-4-10-22-41)36-56(52)64(54)46-28-17-23-42(35-46)40-19-7-3-8-20-40/h3-39H,1-2H3. The number of hydrogen-bond donors (Lipinski definition) is 0. The van der Waals surface area contributed by atoms with Gasteiger partial charge in [0.2, 0.25) is 0 Å². The number of para-hydroxylation sites is 2. The number of rotatable bonds is 6. The Balaban J connectivity index is 1.02. The van der Waals surface area contributed by atoms with Gasteiger partial charge >= 0.3 is 0 Å². The van der Waals surface area contributed by atoms with Crippen molar-refractivity contribution in [1.82, 2.24) is 0 Å². The van der Waals surface area contributed by atoms with Crippen LogP contribution in [0.1, 0.15) is 25.0 Å². The quantitative estimate of drug-likeness (QED) is 0.155. The van der Waals surface area contributed by atoms with E-state index in [1.165, 1.54) is 83.0 Å². The zero-order chi connectivity index (χ0) is 43.2. The minimum absolute atomic E-state index is 0.0397. The summed E-state index contributed by atoms with van der Waals surface area (Å²) in [4.78, 5) is 4.88. The molecule has 13 rings (SSSR count). The number of ether oxygens (including phenoxy) is 1. The summed E-state index contributed by atoms with van der Waals surface area (Å²) in [7, 11) is 0. The van der Waals surface area contributed by atoms with Gasteiger partial charge in [-0.05, 0) is 133 Å². The summed E-state index contributed by atoms with van der Waals surface area (Å²) >= 11 is 0. The Labute approximate surface area is 380 Å². The maximum atomic E-state index is 7.17. The van der Waals surface area contributed by atoms with Crippen LogP contribution in [0.25, 0.3) is 44.2 Å². The van der Waals surface area contributed by atoms with Gasteiger partial charge in [-0.15, -0.1) is 0 Å². The van der Waals surface area contributed by atoms with Crippen molar-refractivity contribution in [2.75, 3.05) is 9.80 Å². The zero-order valence-electron chi connectivity index (χ0n) is 36.2. The predicted molar refractivity (Wildman–Crippen MR) is 273 cm³/mol. The third-order valence-corrected chi connectivity index (χ3v) is 14.1. The number of fused-ring (bicyclic) bond motifs is 9. The third kappa shape index (κ3) is 5.77. The van der Waals surface area contributed by atoms with Gasteiger partial charge in [-0.2, -0.15) is 0 Å². The van der Waals surface area contributed by atoms with Gasteiger partial charge in [0.1, 0.15) is 11.5 Å². The Kier molecular flexibility index (Phi) is 8.35. The number of nitrogens with zero attached hydrogens (tertiary/aromatic N) is 2. The average Bonchev–Trinajstić information content (AvgIpc) is 3.58. The van der Waals surface area contributed by atoms with Crippen LogP contribution in [0.2, 0.25) is 0 Å². The van der Waals surface area contributed by atoms with Crippen LogP contribution in [0.5, 0.6) is 11.5 Å². The molecule has 0 bridgehead atoms. The summed E-state index contributed by atoms with van der Waals surface area (Å²) < 4.78 is 7.17. The Morgan fingerprint density at radius 3 is 1.74 bits per heavy atom. The highest BCUT2D eigenvalue weighted by Gasteiger charge is 2.45. The van der Waals surface area contributed by atoms with Crippen LogP contribution in [0.3, 0.4) is 0 Å². The molecule has 0 atom stereocenters. The van der Waals surface area contributed by atoms with Crippen molar-refractivity contribution in [3.8, 4) is 44.9 Å². The minimum Gasteiger partial charge on any atom is -0.458 e. The number of benzene rings is 10. The Morgan fingerprint density at radius 1 is 0.446 bits per heavy atom. The number of hydrogen-bond acceptors (Lipinski definition) is 3. The van der Waals surface area contributed by atoms with Crippen molar-refractivity contribution < 1.29 is 4.74 Å². The van der Waals surface area contributed by atoms with E-state index in [1.807, 2.05) is 0 Å². The van der Waals surface area contributed by atoms with Crippen LogP contribution < -0.4 is 30.9 Å². The van der Waals surface area contributed by atoms with E-state index in [4.69, 9.17) is 4.74 Å². The molecule has 0 saturated heterocycles. The summed E-state index contributed by atoms with van der Waals surface area (Å²) in [6.45, 7) is 4.77. The summed E-state index contributed by atoms with van der Waals surface area (Å²) in [5.74, 6) is 1.82. The molecule has 3 aliphatic rings. The van der Waals surface area contributed by atoms with Crippen molar-refractivity contribution >= 4 is 68.0 Å². The molecule has 0 amide bonds. The van der Waals surface area contributed by atoms with E-state index in [2.05, 4.69) is 248 Å². The van der Waals surface area contributed by atoms with Crippen LogP contribution >= 0.6 is 0 Å². The molecule has 0 N–H and O–H groups in total. The van der Waals surface area contributed by atoms with E-state index in [1.54, 1.807) is 0 Å². The Morgan fingerprint density at radius 2 is 1.05 bits per heavy atom. The van der Waals surface area contributed by atoms with Gasteiger partial charge < -0.3 is 14.5 Å². The van der Waals surface area contributed by atoms with Crippen molar-refractivity contribution in [2.24, 2.45) is 0 Å². The van der Waals surface area contributed by atoms with Gasteiger partial charge in [0.25, 0.3) is 6.71 Å². The molecule has 3 nitrogen and oxygen atoms in total. The molecule has 0 spiro atoms. The van der Waals surface area contributed by atoms with E-state index >= 15 is 0 Å². The lowest BCUT2D eigenvalue weighted by atomic mass is 9.34. The van der Waals surface area contributed by atoms with E-state index in [0.29, 0.717) is 0 Å². The van der Waals surface area contributed by atoms with Crippen LogP contribution in [0, 0.1) is 0 Å². The zero-order valence-corrected chi connectivity index (χ0v) is 36.2. The van der Waals surface area contributed by atoms with Crippen LogP contribution in [-0.4, -0.2) is 6.71 Å². The Bertz CT molecular complexity index is 3460. The summed E-state index contributed by atoms with van der Waals surface area (Å²) in [5.41, 5.74) is 20.2. The second-order valence-electron chi connectivity index (χ2n) is 18.0. The van der Waals surface area contributed by atoms with E-state index in [0.717, 1.165) is 34.2 Å². The first-order valence-corrected chi connectivity index (χ1v) is 22.6. The minimum atomic E-state index is -0.310.